The summed E-state index contributed by atoms with van der Waals surface area (Å²) in [7, 11) is 1.68. The van der Waals surface area contributed by atoms with Gasteiger partial charge in [0.25, 0.3) is 0 Å². The highest BCUT2D eigenvalue weighted by molar-refractivity contribution is 5.75. The largest absolute Gasteiger partial charge is 0.377 e. The van der Waals surface area contributed by atoms with Gasteiger partial charge in [-0.25, -0.2) is 4.98 Å². The van der Waals surface area contributed by atoms with Crippen molar-refractivity contribution in [3.05, 3.63) is 18.7 Å². The third-order valence-corrected chi connectivity index (χ3v) is 2.79. The summed E-state index contributed by atoms with van der Waals surface area (Å²) in [5.41, 5.74) is 5.46. The summed E-state index contributed by atoms with van der Waals surface area (Å²) in [6.45, 7) is 1.36. The molecule has 3 N–H and O–H groups in total. The van der Waals surface area contributed by atoms with E-state index in [-0.39, 0.29) is 18.1 Å². The first-order valence-corrected chi connectivity index (χ1v) is 4.81. The van der Waals surface area contributed by atoms with Crippen LogP contribution in [0, 0.1) is 5.41 Å². The Labute approximate surface area is 88.2 Å². The first-order chi connectivity index (χ1) is 7.22. The number of rotatable bonds is 2. The molecule has 0 bridgehead atoms. The van der Waals surface area contributed by atoms with Gasteiger partial charge >= 0.3 is 0 Å². The van der Waals surface area contributed by atoms with Crippen LogP contribution in [0.1, 0.15) is 6.04 Å². The summed E-state index contributed by atoms with van der Waals surface area (Å²) >= 11 is 0. The second-order valence-corrected chi connectivity index (χ2v) is 3.64. The molecule has 1 aromatic heterocycles. The average Bonchev–Trinajstić information content (AvgIpc) is 2.86. The van der Waals surface area contributed by atoms with E-state index in [0.717, 1.165) is 0 Å². The number of hydrogen-bond acceptors (Lipinski definition) is 3. The molecule has 2 atom stereocenters. The number of methoxy groups -OCH3 is 1. The van der Waals surface area contributed by atoms with E-state index in [2.05, 4.69) is 4.98 Å². The third-order valence-electron chi connectivity index (χ3n) is 2.79. The number of aromatic nitrogens is 2. The fourth-order valence-electron chi connectivity index (χ4n) is 1.94. The first-order valence-electron chi connectivity index (χ1n) is 4.81. The van der Waals surface area contributed by atoms with Crippen LogP contribution in [0.2, 0.25) is 0 Å². The molecule has 0 amide bonds. The summed E-state index contributed by atoms with van der Waals surface area (Å²) in [4.78, 5) is 5.81. The van der Waals surface area contributed by atoms with E-state index < -0.39 is 0 Å². The molecule has 1 aliphatic rings. The van der Waals surface area contributed by atoms with E-state index in [0.29, 0.717) is 13.1 Å². The molecule has 0 radical (unpaired) electrons. The van der Waals surface area contributed by atoms with Crippen LogP contribution in [0.3, 0.4) is 0 Å². The lowest BCUT2D eigenvalue weighted by Crippen LogP contribution is -2.35. The zero-order valence-corrected chi connectivity index (χ0v) is 8.63. The molecule has 6 nitrogen and oxygen atoms in total. The van der Waals surface area contributed by atoms with Crippen LogP contribution >= 0.6 is 0 Å². The third kappa shape index (κ3) is 1.80. The van der Waals surface area contributed by atoms with Gasteiger partial charge in [-0.05, 0) is 0 Å². The van der Waals surface area contributed by atoms with Gasteiger partial charge in [-0.3, -0.25) is 5.41 Å². The summed E-state index contributed by atoms with van der Waals surface area (Å²) in [5, 5.41) is 7.40. The van der Waals surface area contributed by atoms with Crippen LogP contribution in [-0.2, 0) is 4.74 Å². The molecule has 0 aromatic carbocycles. The fourth-order valence-corrected chi connectivity index (χ4v) is 1.94. The van der Waals surface area contributed by atoms with E-state index in [4.69, 9.17) is 15.9 Å². The number of ether oxygens (including phenoxy) is 1. The molecule has 0 aliphatic carbocycles. The summed E-state index contributed by atoms with van der Waals surface area (Å²) in [6, 6.07) is 0.182. The van der Waals surface area contributed by atoms with Crippen molar-refractivity contribution >= 4 is 5.96 Å². The molecule has 0 unspecified atom stereocenters. The van der Waals surface area contributed by atoms with Crippen LogP contribution in [0.5, 0.6) is 0 Å². The predicted molar refractivity (Wildman–Crippen MR) is 55.5 cm³/mol. The molecule has 15 heavy (non-hydrogen) atoms. The molecular formula is C9H15N5O. The number of nitrogens with one attached hydrogen (secondary N) is 1. The molecule has 1 fully saturated rings. The lowest BCUT2D eigenvalue weighted by atomic mass is 10.2. The van der Waals surface area contributed by atoms with Crippen LogP contribution in [0.4, 0.5) is 0 Å². The zero-order valence-electron chi connectivity index (χ0n) is 8.63. The Morgan fingerprint density at radius 3 is 2.93 bits per heavy atom. The molecule has 82 valence electrons. The van der Waals surface area contributed by atoms with Gasteiger partial charge in [-0.2, -0.15) is 0 Å². The maximum Gasteiger partial charge on any atom is 0.188 e. The highest BCUT2D eigenvalue weighted by atomic mass is 16.5. The molecule has 1 aliphatic heterocycles. The van der Waals surface area contributed by atoms with Crippen molar-refractivity contribution in [2.45, 2.75) is 12.1 Å². The number of imidazole rings is 1. The van der Waals surface area contributed by atoms with Crippen molar-refractivity contribution in [2.24, 2.45) is 5.73 Å². The molecule has 0 saturated carbocycles. The van der Waals surface area contributed by atoms with E-state index in [1.807, 2.05) is 10.8 Å². The smallest absolute Gasteiger partial charge is 0.188 e. The number of likely N-dealkylation sites (tertiary alicyclic amines) is 1. The predicted octanol–water partition coefficient (Wildman–Crippen LogP) is -0.352. The van der Waals surface area contributed by atoms with Gasteiger partial charge in [-0.1, -0.05) is 0 Å². The van der Waals surface area contributed by atoms with E-state index in [1.165, 1.54) is 0 Å². The average molecular weight is 209 g/mol. The zero-order chi connectivity index (χ0) is 10.8. The van der Waals surface area contributed by atoms with E-state index >= 15 is 0 Å². The quantitative estimate of drug-likeness (QED) is 0.515. The highest BCUT2D eigenvalue weighted by Crippen LogP contribution is 2.23. The molecule has 1 aromatic rings. The maximum absolute atomic E-state index is 7.40. The lowest BCUT2D eigenvalue weighted by molar-refractivity contribution is 0.0841. The monoisotopic (exact) mass is 209 g/mol. The van der Waals surface area contributed by atoms with Crippen molar-refractivity contribution in [3.63, 3.8) is 0 Å². The number of hydrogen-bond donors (Lipinski definition) is 2. The SMILES string of the molecule is CO[C@@H]1CN(C(=N)N)C[C@H]1n1ccnc1. The number of guanidine groups is 1. The van der Waals surface area contributed by atoms with Gasteiger partial charge in [0.1, 0.15) is 0 Å². The fraction of sp³-hybridized carbons (Fsp3) is 0.556. The Balaban J connectivity index is 2.15. The number of nitrogens with zero attached hydrogens (tertiary/aromatic N) is 3. The Bertz CT molecular complexity index is 336. The van der Waals surface area contributed by atoms with Crippen molar-refractivity contribution < 1.29 is 4.74 Å². The standard InChI is InChI=1S/C9H15N5O/c1-15-8-5-14(9(10)11)4-7(8)13-3-2-12-6-13/h2-3,6-8H,4-5H2,1H3,(H3,10,11)/t7-,8-/m1/s1. The van der Waals surface area contributed by atoms with E-state index in [9.17, 15) is 0 Å². The van der Waals surface area contributed by atoms with Crippen LogP contribution < -0.4 is 5.73 Å². The van der Waals surface area contributed by atoms with Gasteiger partial charge in [0, 0.05) is 32.6 Å². The topological polar surface area (TPSA) is 80.2 Å². The van der Waals surface area contributed by atoms with Gasteiger partial charge in [0.05, 0.1) is 18.5 Å². The van der Waals surface area contributed by atoms with Gasteiger partial charge in [0.15, 0.2) is 5.96 Å². The van der Waals surface area contributed by atoms with E-state index in [1.54, 1.807) is 24.5 Å². The first kappa shape index (κ1) is 9.97. The van der Waals surface area contributed by atoms with Gasteiger partial charge < -0.3 is 19.9 Å². The summed E-state index contributed by atoms with van der Waals surface area (Å²) < 4.78 is 7.38. The van der Waals surface area contributed by atoms with Gasteiger partial charge in [0.2, 0.25) is 0 Å². The molecule has 0 spiro atoms. The van der Waals surface area contributed by atoms with Crippen LogP contribution in [-0.4, -0.2) is 46.7 Å². The highest BCUT2D eigenvalue weighted by Gasteiger charge is 2.34. The molecule has 2 heterocycles. The Hall–Kier alpha value is -1.56. The normalized spacial score (nSPS) is 25.8. The second-order valence-electron chi connectivity index (χ2n) is 3.64. The summed E-state index contributed by atoms with van der Waals surface area (Å²) in [5.74, 6) is 0.0969. The molecule has 2 rings (SSSR count). The molecule has 6 heteroatoms. The van der Waals surface area contributed by atoms with Gasteiger partial charge in [-0.15, -0.1) is 0 Å². The number of nitrogens with two attached hydrogens (primary N) is 1. The minimum absolute atomic E-state index is 0.0584. The Kier molecular flexibility index (Phi) is 2.59. The minimum Gasteiger partial charge on any atom is -0.377 e. The van der Waals surface area contributed by atoms with Crippen LogP contribution in [0.15, 0.2) is 18.7 Å². The van der Waals surface area contributed by atoms with Crippen molar-refractivity contribution in [2.75, 3.05) is 20.2 Å². The Morgan fingerprint density at radius 1 is 1.60 bits per heavy atom. The lowest BCUT2D eigenvalue weighted by Gasteiger charge is -2.17. The van der Waals surface area contributed by atoms with Crippen molar-refractivity contribution in [1.29, 1.82) is 5.41 Å². The molecule has 1 saturated heterocycles. The maximum atomic E-state index is 7.40. The van der Waals surface area contributed by atoms with Crippen molar-refractivity contribution in [3.8, 4) is 0 Å². The minimum atomic E-state index is 0.0584. The van der Waals surface area contributed by atoms with Crippen LogP contribution in [0.25, 0.3) is 0 Å². The summed E-state index contributed by atoms with van der Waals surface area (Å²) in [6.07, 6.45) is 5.46. The Morgan fingerprint density at radius 2 is 2.40 bits per heavy atom. The van der Waals surface area contributed by atoms with Crippen molar-refractivity contribution in [1.82, 2.24) is 14.5 Å². The molecular weight excluding hydrogens is 194 g/mol. The second kappa shape index (κ2) is 3.90.